The van der Waals surface area contributed by atoms with Crippen LogP contribution >= 0.6 is 0 Å². The molecular weight excluding hydrogens is 1710 g/mol. The Bertz CT molecular complexity index is 7510. The van der Waals surface area contributed by atoms with Crippen LogP contribution in [0.5, 0.6) is 0 Å². The predicted molar refractivity (Wildman–Crippen MR) is 549 cm³/mol. The highest BCUT2D eigenvalue weighted by molar-refractivity contribution is 7.51. The van der Waals surface area contributed by atoms with Crippen LogP contribution in [0.1, 0.15) is 89.4 Å². The van der Waals surface area contributed by atoms with E-state index in [1.807, 2.05) is 234 Å². The van der Waals surface area contributed by atoms with Crippen molar-refractivity contribution >= 4 is 84.6 Å². The Morgan fingerprint density at radius 1 is 0.263 bits per heavy atom. The van der Waals surface area contributed by atoms with Crippen molar-refractivity contribution in [1.82, 2.24) is 59.1 Å². The van der Waals surface area contributed by atoms with Gasteiger partial charge < -0.3 is 0 Å². The van der Waals surface area contributed by atoms with Crippen LogP contribution in [0.3, 0.4) is 0 Å². The largest absolute Gasteiger partial charge is 0.373 e. The van der Waals surface area contributed by atoms with Gasteiger partial charge in [-0.25, -0.2) is 58.0 Å². The molecule has 8 aromatic heterocycles. The minimum absolute atomic E-state index is 0.250. The zero-order valence-corrected chi connectivity index (χ0v) is 78.4. The fourth-order valence-corrected chi connectivity index (χ4v) is 17.3. The Morgan fingerprint density at radius 2 is 0.453 bits per heavy atom. The number of rotatable bonds is 16. The van der Waals surface area contributed by atoms with Gasteiger partial charge in [-0.1, -0.05) is 301 Å². The molecule has 20 aromatic rings. The van der Waals surface area contributed by atoms with E-state index in [0.717, 1.165) is 199 Å². The topological polar surface area (TPSA) is 209 Å². The molecule has 0 N–H and O–H groups in total. The summed E-state index contributed by atoms with van der Waals surface area (Å²) in [5.74, 6) is 0. The number of carbonyl (C=O) groups excluding carboxylic acids is 2. The molecule has 0 saturated carbocycles. The molecule has 0 spiro atoms. The number of benzene rings is 12. The van der Waals surface area contributed by atoms with Gasteiger partial charge in [0.1, 0.15) is 0 Å². The van der Waals surface area contributed by atoms with E-state index in [2.05, 4.69) is 201 Å². The fourth-order valence-electron chi connectivity index (χ4n) is 17.3. The molecule has 0 unspecified atom stereocenters. The summed E-state index contributed by atoms with van der Waals surface area (Å²) >= 11 is -0.750. The third kappa shape index (κ3) is 19.4. The molecule has 12 aromatic carbocycles. The molecule has 0 radical (unpaired) electrons. The number of aryl methyl sites for hydroxylation is 11. The van der Waals surface area contributed by atoms with Gasteiger partial charge in [0.15, 0.2) is 22.6 Å². The SMILES string of the molecule is O=C=O.O=S=O.[C-]#[N+]c1c(-c2ccc(CC)cc2)nc2c(c(C)nn2-c2ccccc2)c1-c1ccccc1.[C-]#[N+]c1c(-c2ccc(CC)cc2)nc2c(c(C)nn2-c2ccccc2)c1-c1ccccc1C.[C-]#[N+]c1c(-c2ccc(CC)cc2)nc2c(c(C)nn2-c2ccccc2)c1-c1ccccc1C.[C-]#[N+]c1c(-c2ccc(CC)cc2)nc2c(c(C)nn2-c2ccccc2)c1-c1ccccc1C. The van der Waals surface area contributed by atoms with Crippen LogP contribution in [0.15, 0.2) is 322 Å². The lowest BCUT2D eigenvalue weighted by molar-refractivity contribution is -0.191. The second-order valence-electron chi connectivity index (χ2n) is 32.5. The highest BCUT2D eigenvalue weighted by atomic mass is 32.1. The molecule has 0 bridgehead atoms. The fraction of sp³-hybridized carbons (Fsp3) is 0.129. The molecule has 0 aliphatic carbocycles. The van der Waals surface area contributed by atoms with Gasteiger partial charge in [0, 0.05) is 43.8 Å². The van der Waals surface area contributed by atoms with Crippen molar-refractivity contribution < 1.29 is 18.0 Å². The number of hydrogen-bond donors (Lipinski definition) is 0. The van der Waals surface area contributed by atoms with E-state index >= 15 is 0 Å². The van der Waals surface area contributed by atoms with Crippen molar-refractivity contribution in [2.75, 3.05) is 0 Å². The van der Waals surface area contributed by atoms with Crippen molar-refractivity contribution in [3.8, 4) is 112 Å². The smallest absolute Gasteiger partial charge is 0.240 e. The van der Waals surface area contributed by atoms with Crippen LogP contribution in [-0.4, -0.2) is 73.6 Å². The molecule has 0 fully saturated rings. The average molecular weight is 1810 g/mol. The summed E-state index contributed by atoms with van der Waals surface area (Å²) in [4.78, 5) is 52.6. The van der Waals surface area contributed by atoms with Crippen LogP contribution in [0.4, 0.5) is 22.7 Å². The maximum absolute atomic E-state index is 8.29. The van der Waals surface area contributed by atoms with Gasteiger partial charge in [0.25, 0.3) is 0 Å². The monoisotopic (exact) mass is 1810 g/mol. The average Bonchev–Trinajstić information content (AvgIpc) is 1.76. The molecule has 137 heavy (non-hydrogen) atoms. The number of aromatic nitrogens is 12. The summed E-state index contributed by atoms with van der Waals surface area (Å²) in [5, 5.41) is 23.1. The van der Waals surface area contributed by atoms with E-state index in [-0.39, 0.29) is 6.15 Å². The van der Waals surface area contributed by atoms with E-state index < -0.39 is 11.6 Å². The van der Waals surface area contributed by atoms with Crippen molar-refractivity contribution in [2.45, 2.75) is 102 Å². The van der Waals surface area contributed by atoms with Crippen LogP contribution in [0, 0.1) is 74.8 Å². The lowest BCUT2D eigenvalue weighted by atomic mass is 9.93. The summed E-state index contributed by atoms with van der Waals surface area (Å²) in [6, 6.07) is 108. The molecule has 20 rings (SSSR count). The summed E-state index contributed by atoms with van der Waals surface area (Å²) in [7, 11) is 0. The van der Waals surface area contributed by atoms with Crippen molar-refractivity contribution in [3.63, 3.8) is 0 Å². The van der Waals surface area contributed by atoms with E-state index in [0.29, 0.717) is 45.5 Å². The first-order valence-corrected chi connectivity index (χ1v) is 45.5. The second kappa shape index (κ2) is 43.1. The zero-order chi connectivity index (χ0) is 96.3. The van der Waals surface area contributed by atoms with Crippen LogP contribution in [0.2, 0.25) is 0 Å². The third-order valence-corrected chi connectivity index (χ3v) is 24.2. The first-order chi connectivity index (χ1) is 66.9. The second-order valence-corrected chi connectivity index (χ2v) is 32.6. The van der Waals surface area contributed by atoms with Gasteiger partial charge in [0.2, 0.25) is 22.7 Å². The van der Waals surface area contributed by atoms with Crippen LogP contribution in [-0.2, 0) is 46.8 Å². The van der Waals surface area contributed by atoms with Gasteiger partial charge in [-0.05, 0) is 206 Å². The predicted octanol–water partition coefficient (Wildman–Crippen LogP) is 28.4. The number of hydrogen-bond acceptors (Lipinski definition) is 12. The molecule has 0 aliphatic heterocycles. The summed E-state index contributed by atoms with van der Waals surface area (Å²) in [6.07, 6.45) is 4.13. The Kier molecular flexibility index (Phi) is 29.6. The molecule has 0 amide bonds. The van der Waals surface area contributed by atoms with Gasteiger partial charge in [-0.3, -0.25) is 0 Å². The number of para-hydroxylation sites is 4. The van der Waals surface area contributed by atoms with Crippen molar-refractivity contribution in [3.05, 3.63) is 429 Å². The van der Waals surface area contributed by atoms with Crippen molar-refractivity contribution in [2.24, 2.45) is 0 Å². The lowest BCUT2D eigenvalue weighted by Crippen LogP contribution is -1.99. The molecule has 668 valence electrons. The first-order valence-electron chi connectivity index (χ1n) is 44.9. The Balaban J connectivity index is 0.000000136. The Morgan fingerprint density at radius 3 is 0.657 bits per heavy atom. The van der Waals surface area contributed by atoms with E-state index in [1.165, 1.54) is 22.3 Å². The third-order valence-electron chi connectivity index (χ3n) is 24.2. The molecule has 21 heteroatoms. The Hall–Kier alpha value is -17.7. The molecule has 20 nitrogen and oxygen atoms in total. The van der Waals surface area contributed by atoms with Gasteiger partial charge in [0.05, 0.1) is 94.6 Å². The maximum atomic E-state index is 8.29. The summed E-state index contributed by atoms with van der Waals surface area (Å²) in [6.45, 7) is 55.3. The van der Waals surface area contributed by atoms with E-state index in [1.54, 1.807) is 0 Å². The van der Waals surface area contributed by atoms with E-state index in [4.69, 9.17) is 84.6 Å². The molecule has 0 saturated heterocycles. The quantitative estimate of drug-likeness (QED) is 0.0828. The number of nitrogens with zero attached hydrogens (tertiary/aromatic N) is 16. The summed E-state index contributed by atoms with van der Waals surface area (Å²) in [5.41, 5.74) is 35.1. The highest BCUT2D eigenvalue weighted by Crippen LogP contribution is 2.51. The standard InChI is InChI=1S/3C29H24N4.C28H22N4.CO2.O2S/c3*1-5-21-15-17-22(18-16-21)27-28(30-4)26(24-14-10-9-11-19(24)2)25-20(3)32-33(29(25)31-27)23-12-7-6-8-13-23;1-4-20-15-17-22(18-16-20)26-27(29-3)25(21-11-7-5-8-12-21)24-19(2)31-32(28(24)30-26)23-13-9-6-10-14-23;2-1-3;1-3-2/h3*6-18H,5H2,1-3H3;5-18H,4H2,1-2H3;;. The number of fused-ring (bicyclic) bond motifs is 4. The normalized spacial score (nSPS) is 10.6. The minimum atomic E-state index is -0.750. The molecule has 8 heterocycles. The summed E-state index contributed by atoms with van der Waals surface area (Å²) < 4.78 is 24.1. The van der Waals surface area contributed by atoms with Crippen molar-refractivity contribution in [1.29, 1.82) is 0 Å². The van der Waals surface area contributed by atoms with Gasteiger partial charge in [-0.2, -0.15) is 38.4 Å². The van der Waals surface area contributed by atoms with Crippen LogP contribution < -0.4 is 0 Å². The molecule has 0 aliphatic rings. The van der Waals surface area contributed by atoms with Gasteiger partial charge >= 0.3 is 17.7 Å². The molecule has 0 atom stereocenters. The van der Waals surface area contributed by atoms with Crippen LogP contribution in [0.25, 0.3) is 176 Å². The zero-order valence-electron chi connectivity index (χ0n) is 77.6. The van der Waals surface area contributed by atoms with E-state index in [9.17, 15) is 0 Å². The number of pyridine rings is 4. The first kappa shape index (κ1) is 93.9. The molecular formula is C116H94N16O4S. The lowest BCUT2D eigenvalue weighted by Gasteiger charge is -2.15. The minimum Gasteiger partial charge on any atom is -0.240 e. The Labute approximate surface area is 799 Å². The van der Waals surface area contributed by atoms with Gasteiger partial charge in [-0.15, -0.1) is 0 Å². The highest BCUT2D eigenvalue weighted by Gasteiger charge is 2.30. The maximum Gasteiger partial charge on any atom is 0.373 e.